The molecule has 0 spiro atoms. The van der Waals surface area contributed by atoms with E-state index in [1.54, 1.807) is 0 Å². The summed E-state index contributed by atoms with van der Waals surface area (Å²) in [5.41, 5.74) is 0. The molecule has 0 unspecified atom stereocenters. The molecule has 0 atom stereocenters. The van der Waals surface area contributed by atoms with E-state index < -0.39 is 0 Å². The van der Waals surface area contributed by atoms with E-state index in [1.165, 1.54) is 19.0 Å². The lowest BCUT2D eigenvalue weighted by Crippen LogP contribution is -1.85. The molecule has 1 rings (SSSR count). The van der Waals surface area contributed by atoms with Crippen molar-refractivity contribution in [2.45, 2.75) is 18.7 Å². The molecule has 1 N–H and O–H groups in total. The molecule has 1 saturated carbocycles. The summed E-state index contributed by atoms with van der Waals surface area (Å²) in [6, 6.07) is 0. The molecule has 0 amide bonds. The fraction of sp³-hybridized carbons (Fsp3) is 0.750. The van der Waals surface area contributed by atoms with Crippen LogP contribution in [0.2, 0.25) is 5.82 Å². The second kappa shape index (κ2) is 1.46. The lowest BCUT2D eigenvalue weighted by atomic mass is 9.74. The first-order chi connectivity index (χ1) is 2.93. The highest BCUT2D eigenvalue weighted by Crippen LogP contribution is 2.33. The third kappa shape index (κ3) is 0.849. The van der Waals surface area contributed by atoms with Gasteiger partial charge in [0.05, 0.1) is 0 Å². The van der Waals surface area contributed by atoms with E-state index >= 15 is 0 Å². The van der Waals surface area contributed by atoms with Gasteiger partial charge in [-0.05, 0) is 6.11 Å². The third-order valence-corrected chi connectivity index (χ3v) is 0.990. The molecular weight excluding hydrogens is 72.9 g/mol. The van der Waals surface area contributed by atoms with Crippen LogP contribution in [-0.4, -0.2) is 13.4 Å². The van der Waals surface area contributed by atoms with E-state index in [0.29, 0.717) is 0 Å². The summed E-state index contributed by atoms with van der Waals surface area (Å²) in [6.07, 6.45) is 4.02. The quantitative estimate of drug-likeness (QED) is 0.376. The van der Waals surface area contributed by atoms with Gasteiger partial charge in [0.1, 0.15) is 0 Å². The SMILES string of the molecule is N=C[B]C1CC1. The van der Waals surface area contributed by atoms with Gasteiger partial charge in [0.2, 0.25) is 0 Å². The van der Waals surface area contributed by atoms with Crippen LogP contribution in [0.25, 0.3) is 0 Å². The molecule has 2 heteroatoms. The van der Waals surface area contributed by atoms with Crippen molar-refractivity contribution in [2.75, 3.05) is 0 Å². The maximum Gasteiger partial charge on any atom is 0.169 e. The monoisotopic (exact) mass is 80.1 g/mol. The van der Waals surface area contributed by atoms with Gasteiger partial charge >= 0.3 is 0 Å². The topological polar surface area (TPSA) is 23.9 Å². The Labute approximate surface area is 38.5 Å². The summed E-state index contributed by atoms with van der Waals surface area (Å²) in [4.78, 5) is 0. The Balaban J connectivity index is 2.00. The molecule has 1 radical (unpaired) electrons. The summed E-state index contributed by atoms with van der Waals surface area (Å²) < 4.78 is 0. The molecule has 1 aliphatic carbocycles. The first-order valence-corrected chi connectivity index (χ1v) is 2.27. The van der Waals surface area contributed by atoms with Crippen molar-refractivity contribution in [3.63, 3.8) is 0 Å². The molecular formula is C4H7BN. The van der Waals surface area contributed by atoms with Crippen molar-refractivity contribution in [2.24, 2.45) is 0 Å². The summed E-state index contributed by atoms with van der Waals surface area (Å²) in [5, 5.41) is 6.59. The van der Waals surface area contributed by atoms with Crippen LogP contribution in [0.3, 0.4) is 0 Å². The fourth-order valence-electron chi connectivity index (χ4n) is 0.425. The third-order valence-electron chi connectivity index (χ3n) is 0.990. The molecule has 0 saturated heterocycles. The van der Waals surface area contributed by atoms with Crippen LogP contribution < -0.4 is 0 Å². The molecule has 1 fully saturated rings. The van der Waals surface area contributed by atoms with Gasteiger partial charge in [-0.2, -0.15) is 0 Å². The predicted octanol–water partition coefficient (Wildman–Crippen LogP) is 0.880. The maximum absolute atomic E-state index is 6.59. The van der Waals surface area contributed by atoms with Crippen molar-refractivity contribution < 1.29 is 0 Å². The average molecular weight is 79.9 g/mol. The standard InChI is InChI=1S/C4H7BN/c6-3-5-4-1-2-4/h3-4,6H,1-2H2. The molecule has 0 aliphatic heterocycles. The smallest absolute Gasteiger partial charge is 0.169 e. The van der Waals surface area contributed by atoms with Gasteiger partial charge in [-0.3, -0.25) is 0 Å². The number of rotatable bonds is 2. The normalized spacial score (nSPS) is 20.0. The van der Waals surface area contributed by atoms with Gasteiger partial charge in [0.25, 0.3) is 0 Å². The first kappa shape index (κ1) is 3.91. The summed E-state index contributed by atoms with van der Waals surface area (Å²) >= 11 is 0. The molecule has 31 valence electrons. The van der Waals surface area contributed by atoms with Gasteiger partial charge < -0.3 is 5.41 Å². The van der Waals surface area contributed by atoms with E-state index in [4.69, 9.17) is 5.41 Å². The van der Waals surface area contributed by atoms with Gasteiger partial charge in [-0.15, -0.1) is 0 Å². The second-order valence-electron chi connectivity index (χ2n) is 1.70. The van der Waals surface area contributed by atoms with Crippen molar-refractivity contribution >= 4 is 13.4 Å². The van der Waals surface area contributed by atoms with E-state index in [-0.39, 0.29) is 0 Å². The minimum Gasteiger partial charge on any atom is -0.324 e. The zero-order chi connectivity index (χ0) is 4.41. The molecule has 0 aromatic heterocycles. The number of nitrogens with one attached hydrogen (secondary N) is 1. The Morgan fingerprint density at radius 1 is 1.67 bits per heavy atom. The number of hydrogen-bond donors (Lipinski definition) is 1. The minimum atomic E-state index is 0.780. The molecule has 6 heavy (non-hydrogen) atoms. The zero-order valence-electron chi connectivity index (χ0n) is 3.65. The lowest BCUT2D eigenvalue weighted by Gasteiger charge is -1.71. The molecule has 0 aromatic carbocycles. The summed E-state index contributed by atoms with van der Waals surface area (Å²) in [5.74, 6) is 0.780. The van der Waals surface area contributed by atoms with Crippen LogP contribution in [0.4, 0.5) is 0 Å². The Hall–Kier alpha value is -0.265. The van der Waals surface area contributed by atoms with E-state index in [1.807, 2.05) is 7.28 Å². The van der Waals surface area contributed by atoms with Crippen LogP contribution in [0.1, 0.15) is 12.8 Å². The van der Waals surface area contributed by atoms with E-state index in [0.717, 1.165) is 5.82 Å². The van der Waals surface area contributed by atoms with Gasteiger partial charge in [0.15, 0.2) is 7.28 Å². The first-order valence-electron chi connectivity index (χ1n) is 2.27. The zero-order valence-corrected chi connectivity index (χ0v) is 3.65. The fourth-order valence-corrected chi connectivity index (χ4v) is 0.425. The molecule has 0 heterocycles. The average Bonchev–Trinajstić information content (AvgIpc) is 2.21. The molecule has 0 aromatic rings. The Morgan fingerprint density at radius 2 is 2.33 bits per heavy atom. The Bertz CT molecular complexity index is 58.6. The largest absolute Gasteiger partial charge is 0.324 e. The molecule has 1 aliphatic rings. The van der Waals surface area contributed by atoms with Crippen molar-refractivity contribution in [1.82, 2.24) is 0 Å². The molecule has 1 nitrogen and oxygen atoms in total. The summed E-state index contributed by atoms with van der Waals surface area (Å²) in [6.45, 7) is 0. The van der Waals surface area contributed by atoms with Crippen LogP contribution in [0, 0.1) is 5.41 Å². The lowest BCUT2D eigenvalue weighted by molar-refractivity contribution is 1.45. The Morgan fingerprint density at radius 3 is 2.50 bits per heavy atom. The van der Waals surface area contributed by atoms with E-state index in [9.17, 15) is 0 Å². The van der Waals surface area contributed by atoms with Crippen molar-refractivity contribution in [3.8, 4) is 0 Å². The minimum absolute atomic E-state index is 0.780. The predicted molar refractivity (Wildman–Crippen MR) is 27.5 cm³/mol. The second-order valence-corrected chi connectivity index (χ2v) is 1.70. The van der Waals surface area contributed by atoms with Gasteiger partial charge in [-0.25, -0.2) is 0 Å². The number of hydrogen-bond acceptors (Lipinski definition) is 1. The van der Waals surface area contributed by atoms with Gasteiger partial charge in [-0.1, -0.05) is 18.7 Å². The van der Waals surface area contributed by atoms with Crippen molar-refractivity contribution in [1.29, 1.82) is 5.41 Å². The van der Waals surface area contributed by atoms with Crippen LogP contribution in [0.5, 0.6) is 0 Å². The Kier molecular flexibility index (Phi) is 0.949. The summed E-state index contributed by atoms with van der Waals surface area (Å²) in [7, 11) is 1.94. The van der Waals surface area contributed by atoms with Crippen LogP contribution in [-0.2, 0) is 0 Å². The van der Waals surface area contributed by atoms with Gasteiger partial charge in [0, 0.05) is 0 Å². The molecule has 0 bridgehead atoms. The van der Waals surface area contributed by atoms with Crippen LogP contribution >= 0.6 is 0 Å². The van der Waals surface area contributed by atoms with Crippen molar-refractivity contribution in [3.05, 3.63) is 0 Å². The van der Waals surface area contributed by atoms with Crippen LogP contribution in [0.15, 0.2) is 0 Å². The highest BCUT2D eigenvalue weighted by Gasteiger charge is 2.19. The maximum atomic E-state index is 6.59. The van der Waals surface area contributed by atoms with E-state index in [2.05, 4.69) is 0 Å². The highest BCUT2D eigenvalue weighted by molar-refractivity contribution is 6.69. The highest BCUT2D eigenvalue weighted by atomic mass is 14.3.